The molecule has 0 atom stereocenters. The van der Waals surface area contributed by atoms with Crippen LogP contribution in [-0.4, -0.2) is 39.6 Å². The molecule has 0 saturated carbocycles. The molecule has 1 rings (SSSR count). The Bertz CT molecular complexity index is 541. The van der Waals surface area contributed by atoms with Crippen LogP contribution in [0.5, 0.6) is 5.75 Å². The van der Waals surface area contributed by atoms with Crippen molar-refractivity contribution in [2.45, 2.75) is 12.8 Å². The van der Waals surface area contributed by atoms with Gasteiger partial charge in [0.2, 0.25) is 0 Å². The fraction of sp³-hybridized carbons (Fsp3) is 0.462. The van der Waals surface area contributed by atoms with E-state index in [0.29, 0.717) is 17.9 Å². The molecule has 6 nitrogen and oxygen atoms in total. The average Bonchev–Trinajstić information content (AvgIpc) is 2.36. The van der Waals surface area contributed by atoms with Gasteiger partial charge in [-0.25, -0.2) is 8.42 Å². The minimum atomic E-state index is -3.01. The lowest BCUT2D eigenvalue weighted by molar-refractivity contribution is -0.144. The Hall–Kier alpha value is -1.76. The van der Waals surface area contributed by atoms with Crippen molar-refractivity contribution >= 4 is 21.5 Å². The third-order valence-electron chi connectivity index (χ3n) is 2.41. The Labute approximate surface area is 118 Å². The van der Waals surface area contributed by atoms with Crippen molar-refractivity contribution < 1.29 is 22.7 Å². The first-order valence-electron chi connectivity index (χ1n) is 6.19. The zero-order chi connectivity index (χ0) is 15.0. The monoisotopic (exact) mass is 301 g/mol. The van der Waals surface area contributed by atoms with Crippen molar-refractivity contribution in [2.24, 2.45) is 0 Å². The van der Waals surface area contributed by atoms with Crippen LogP contribution in [0.2, 0.25) is 0 Å². The zero-order valence-electron chi connectivity index (χ0n) is 11.4. The Morgan fingerprint density at radius 3 is 2.60 bits per heavy atom. The number of ether oxygens (including phenoxy) is 2. The molecule has 0 amide bonds. The SMILES string of the molecule is CS(=O)(=O)CCCOC(=O)CCOc1ccccc1N. The van der Waals surface area contributed by atoms with Gasteiger partial charge in [-0.05, 0) is 18.6 Å². The second-order valence-corrected chi connectivity index (χ2v) is 6.60. The predicted octanol–water partition coefficient (Wildman–Crippen LogP) is 1.02. The van der Waals surface area contributed by atoms with Gasteiger partial charge in [0.15, 0.2) is 0 Å². The molecule has 0 heterocycles. The van der Waals surface area contributed by atoms with E-state index in [4.69, 9.17) is 15.2 Å². The van der Waals surface area contributed by atoms with E-state index >= 15 is 0 Å². The molecule has 0 fully saturated rings. The van der Waals surface area contributed by atoms with Crippen LogP contribution in [0.25, 0.3) is 0 Å². The first kappa shape index (κ1) is 16.3. The standard InChI is InChI=1S/C13H19NO5S/c1-20(16,17)10-4-8-19-13(15)7-9-18-12-6-3-2-5-11(12)14/h2-3,5-6H,4,7-10,14H2,1H3. The average molecular weight is 301 g/mol. The number of benzene rings is 1. The predicted molar refractivity (Wildman–Crippen MR) is 76.3 cm³/mol. The van der Waals surface area contributed by atoms with E-state index in [-0.39, 0.29) is 25.4 Å². The van der Waals surface area contributed by atoms with Crippen LogP contribution in [0, 0.1) is 0 Å². The van der Waals surface area contributed by atoms with Gasteiger partial charge in [-0.1, -0.05) is 12.1 Å². The lowest BCUT2D eigenvalue weighted by Crippen LogP contribution is -2.13. The molecule has 0 aromatic heterocycles. The van der Waals surface area contributed by atoms with Gasteiger partial charge < -0.3 is 15.2 Å². The van der Waals surface area contributed by atoms with Gasteiger partial charge >= 0.3 is 5.97 Å². The molecule has 0 spiro atoms. The number of para-hydroxylation sites is 2. The Balaban J connectivity index is 2.16. The van der Waals surface area contributed by atoms with Crippen LogP contribution in [0.4, 0.5) is 5.69 Å². The summed E-state index contributed by atoms with van der Waals surface area (Å²) < 4.78 is 32.0. The molecule has 112 valence electrons. The van der Waals surface area contributed by atoms with Crippen LogP contribution in [0.1, 0.15) is 12.8 Å². The molecule has 0 unspecified atom stereocenters. The second kappa shape index (κ2) is 7.74. The van der Waals surface area contributed by atoms with Crippen LogP contribution in [0.15, 0.2) is 24.3 Å². The smallest absolute Gasteiger partial charge is 0.309 e. The summed E-state index contributed by atoms with van der Waals surface area (Å²) >= 11 is 0. The lowest BCUT2D eigenvalue weighted by Gasteiger charge is -2.08. The molecule has 0 bridgehead atoms. The lowest BCUT2D eigenvalue weighted by atomic mass is 10.3. The highest BCUT2D eigenvalue weighted by Crippen LogP contribution is 2.19. The Morgan fingerprint density at radius 1 is 1.25 bits per heavy atom. The van der Waals surface area contributed by atoms with Gasteiger partial charge in [-0.15, -0.1) is 0 Å². The van der Waals surface area contributed by atoms with E-state index in [0.717, 1.165) is 6.26 Å². The van der Waals surface area contributed by atoms with Gasteiger partial charge in [-0.2, -0.15) is 0 Å². The van der Waals surface area contributed by atoms with Crippen LogP contribution in [-0.2, 0) is 19.4 Å². The molecule has 0 saturated heterocycles. The molecule has 1 aromatic rings. The van der Waals surface area contributed by atoms with E-state index in [1.807, 2.05) is 0 Å². The van der Waals surface area contributed by atoms with Crippen molar-refractivity contribution in [3.63, 3.8) is 0 Å². The van der Waals surface area contributed by atoms with Crippen molar-refractivity contribution in [3.8, 4) is 5.75 Å². The number of hydrogen-bond donors (Lipinski definition) is 1. The van der Waals surface area contributed by atoms with Crippen LogP contribution < -0.4 is 10.5 Å². The highest BCUT2D eigenvalue weighted by molar-refractivity contribution is 7.90. The highest BCUT2D eigenvalue weighted by Gasteiger charge is 2.06. The maximum atomic E-state index is 11.4. The van der Waals surface area contributed by atoms with Crippen molar-refractivity contribution in [3.05, 3.63) is 24.3 Å². The summed E-state index contributed by atoms with van der Waals surface area (Å²) in [6.45, 7) is 0.262. The number of hydrogen-bond acceptors (Lipinski definition) is 6. The van der Waals surface area contributed by atoms with Crippen molar-refractivity contribution in [1.82, 2.24) is 0 Å². The van der Waals surface area contributed by atoms with Crippen molar-refractivity contribution in [2.75, 3.05) is 31.0 Å². The number of anilines is 1. The summed E-state index contributed by atoms with van der Waals surface area (Å²) in [5, 5.41) is 0. The Kier molecular flexibility index (Phi) is 6.30. The maximum absolute atomic E-state index is 11.4. The third-order valence-corrected chi connectivity index (χ3v) is 3.44. The molecular formula is C13H19NO5S. The molecule has 2 N–H and O–H groups in total. The molecule has 0 aliphatic rings. The maximum Gasteiger partial charge on any atom is 0.309 e. The minimum Gasteiger partial charge on any atom is -0.491 e. The van der Waals surface area contributed by atoms with E-state index < -0.39 is 15.8 Å². The molecular weight excluding hydrogens is 282 g/mol. The van der Waals surface area contributed by atoms with E-state index in [1.165, 1.54) is 0 Å². The molecule has 1 aromatic carbocycles. The van der Waals surface area contributed by atoms with Gasteiger partial charge in [0.25, 0.3) is 0 Å². The normalized spacial score (nSPS) is 11.1. The number of esters is 1. The van der Waals surface area contributed by atoms with Crippen molar-refractivity contribution in [1.29, 1.82) is 0 Å². The van der Waals surface area contributed by atoms with Gasteiger partial charge in [0.05, 0.1) is 31.1 Å². The fourth-order valence-corrected chi connectivity index (χ4v) is 2.08. The summed E-state index contributed by atoms with van der Waals surface area (Å²) in [5.74, 6) is 0.113. The fourth-order valence-electron chi connectivity index (χ4n) is 1.44. The summed E-state index contributed by atoms with van der Waals surface area (Å²) in [5.41, 5.74) is 6.19. The third kappa shape index (κ3) is 6.98. The summed E-state index contributed by atoms with van der Waals surface area (Å²) in [7, 11) is -3.01. The molecule has 0 aliphatic heterocycles. The zero-order valence-corrected chi connectivity index (χ0v) is 12.2. The van der Waals surface area contributed by atoms with Gasteiger partial charge in [-0.3, -0.25) is 4.79 Å². The minimum absolute atomic E-state index is 0.0112. The first-order chi connectivity index (χ1) is 9.38. The van der Waals surface area contributed by atoms with E-state index in [9.17, 15) is 13.2 Å². The van der Waals surface area contributed by atoms with E-state index in [1.54, 1.807) is 24.3 Å². The van der Waals surface area contributed by atoms with Gasteiger partial charge in [0, 0.05) is 6.26 Å². The molecule has 20 heavy (non-hydrogen) atoms. The molecule has 0 aliphatic carbocycles. The van der Waals surface area contributed by atoms with E-state index in [2.05, 4.69) is 0 Å². The number of rotatable bonds is 8. The largest absolute Gasteiger partial charge is 0.491 e. The number of carbonyl (C=O) groups is 1. The number of sulfone groups is 1. The van der Waals surface area contributed by atoms with Gasteiger partial charge in [0.1, 0.15) is 15.6 Å². The number of nitrogens with two attached hydrogens (primary N) is 1. The van der Waals surface area contributed by atoms with Crippen LogP contribution in [0.3, 0.4) is 0 Å². The summed E-state index contributed by atoms with van der Waals surface area (Å²) in [4.78, 5) is 11.4. The quantitative estimate of drug-likeness (QED) is 0.437. The molecule has 7 heteroatoms. The summed E-state index contributed by atoms with van der Waals surface area (Å²) in [6.07, 6.45) is 1.54. The highest BCUT2D eigenvalue weighted by atomic mass is 32.2. The second-order valence-electron chi connectivity index (χ2n) is 4.34. The number of carbonyl (C=O) groups excluding carboxylic acids is 1. The number of nitrogen functional groups attached to an aromatic ring is 1. The Morgan fingerprint density at radius 2 is 1.95 bits per heavy atom. The topological polar surface area (TPSA) is 95.7 Å². The first-order valence-corrected chi connectivity index (χ1v) is 8.25. The van der Waals surface area contributed by atoms with Crippen LogP contribution >= 0.6 is 0 Å². The summed E-state index contributed by atoms with van der Waals surface area (Å²) in [6, 6.07) is 7.00. The molecule has 0 radical (unpaired) electrons.